The first-order chi connectivity index (χ1) is 13.3. The molecule has 0 fully saturated rings. The maximum Gasteiger partial charge on any atom is 0.305 e. The maximum absolute atomic E-state index is 11.2. The lowest BCUT2D eigenvalue weighted by Crippen LogP contribution is -2.37. The third-order valence-corrected chi connectivity index (χ3v) is 3.79. The Kier molecular flexibility index (Phi) is 13.8. The molecule has 0 aliphatic carbocycles. The Balaban J connectivity index is 2.03. The molecule has 0 atom stereocenters. The maximum atomic E-state index is 11.2. The van der Waals surface area contributed by atoms with Crippen LogP contribution in [0.25, 0.3) is 0 Å². The number of carbonyl (C=O) groups is 1. The molecule has 0 aromatic carbocycles. The van der Waals surface area contributed by atoms with Gasteiger partial charge in [-0.05, 0) is 45.2 Å². The Morgan fingerprint density at radius 2 is 2.00 bits per heavy atom. The minimum Gasteiger partial charge on any atom is -0.467 e. The molecule has 0 saturated carbocycles. The minimum atomic E-state index is -0.0923. The highest BCUT2D eigenvalue weighted by atomic mass is 16.5. The van der Waals surface area contributed by atoms with Crippen molar-refractivity contribution in [1.29, 1.82) is 0 Å². The summed E-state index contributed by atoms with van der Waals surface area (Å²) in [5, 5.41) is 6.59. The summed E-state index contributed by atoms with van der Waals surface area (Å²) in [7, 11) is 0. The summed E-state index contributed by atoms with van der Waals surface area (Å²) in [4.78, 5) is 15.8. The van der Waals surface area contributed by atoms with Crippen LogP contribution in [0.1, 0.15) is 58.1 Å². The number of furan rings is 1. The molecule has 0 saturated heterocycles. The first-order valence-corrected chi connectivity index (χ1v) is 10.0. The van der Waals surface area contributed by atoms with E-state index in [9.17, 15) is 4.79 Å². The average Bonchev–Trinajstić information content (AvgIpc) is 3.17. The number of ether oxygens (including phenoxy) is 2. The second-order valence-corrected chi connectivity index (χ2v) is 6.14. The summed E-state index contributed by atoms with van der Waals surface area (Å²) in [6, 6.07) is 3.76. The summed E-state index contributed by atoms with van der Waals surface area (Å²) >= 11 is 0. The first kappa shape index (κ1) is 23.0. The number of carbonyl (C=O) groups excluding carboxylic acids is 1. The zero-order valence-corrected chi connectivity index (χ0v) is 16.8. The van der Waals surface area contributed by atoms with Gasteiger partial charge < -0.3 is 24.5 Å². The van der Waals surface area contributed by atoms with Crippen LogP contribution in [-0.4, -0.2) is 44.8 Å². The lowest BCUT2D eigenvalue weighted by Gasteiger charge is -2.11. The zero-order valence-electron chi connectivity index (χ0n) is 16.8. The van der Waals surface area contributed by atoms with E-state index in [0.29, 0.717) is 32.8 Å². The fraction of sp³-hybridized carbons (Fsp3) is 0.700. The van der Waals surface area contributed by atoms with Gasteiger partial charge in [-0.15, -0.1) is 0 Å². The van der Waals surface area contributed by atoms with E-state index in [2.05, 4.69) is 22.5 Å². The van der Waals surface area contributed by atoms with Gasteiger partial charge in [-0.3, -0.25) is 9.79 Å². The van der Waals surface area contributed by atoms with Crippen molar-refractivity contribution in [3.05, 3.63) is 24.2 Å². The Hall–Kier alpha value is -2.02. The molecule has 0 unspecified atom stereocenters. The quantitative estimate of drug-likeness (QED) is 0.210. The van der Waals surface area contributed by atoms with Gasteiger partial charge in [0, 0.05) is 32.7 Å². The molecule has 1 heterocycles. The van der Waals surface area contributed by atoms with E-state index in [0.717, 1.165) is 56.9 Å². The zero-order chi connectivity index (χ0) is 19.6. The third kappa shape index (κ3) is 12.9. The van der Waals surface area contributed by atoms with Crippen molar-refractivity contribution in [3.63, 3.8) is 0 Å². The molecular weight excluding hydrogens is 346 g/mol. The van der Waals surface area contributed by atoms with Gasteiger partial charge >= 0.3 is 5.97 Å². The van der Waals surface area contributed by atoms with Crippen LogP contribution in [0.4, 0.5) is 0 Å². The largest absolute Gasteiger partial charge is 0.467 e. The number of aliphatic imine (C=N–C) groups is 1. The standard InChI is InChI=1S/C20H35N3O4/c1-3-21-20(22-13-8-6-5-7-12-19(24)26-4-2)23-14-10-15-25-17-18-11-9-16-27-18/h9,11,16H,3-8,10,12-15,17H2,1-2H3,(H2,21,22,23). The van der Waals surface area contributed by atoms with Gasteiger partial charge in [-0.1, -0.05) is 12.8 Å². The summed E-state index contributed by atoms with van der Waals surface area (Å²) < 4.78 is 15.7. The van der Waals surface area contributed by atoms with Crippen molar-refractivity contribution in [2.24, 2.45) is 4.99 Å². The first-order valence-electron chi connectivity index (χ1n) is 10.0. The van der Waals surface area contributed by atoms with Crippen LogP contribution in [0.5, 0.6) is 0 Å². The van der Waals surface area contributed by atoms with Crippen LogP contribution >= 0.6 is 0 Å². The molecule has 0 spiro atoms. The highest BCUT2D eigenvalue weighted by Gasteiger charge is 2.01. The SMILES string of the molecule is CCNC(=NCCCOCc1ccco1)NCCCCCCC(=O)OCC. The molecule has 0 radical (unpaired) electrons. The number of esters is 1. The van der Waals surface area contributed by atoms with Gasteiger partial charge in [0.05, 0.1) is 12.9 Å². The van der Waals surface area contributed by atoms with Crippen molar-refractivity contribution < 1.29 is 18.7 Å². The Bertz CT molecular complexity index is 503. The van der Waals surface area contributed by atoms with Gasteiger partial charge in [0.25, 0.3) is 0 Å². The van der Waals surface area contributed by atoms with Gasteiger partial charge in [-0.2, -0.15) is 0 Å². The Labute approximate surface area is 162 Å². The summed E-state index contributed by atoms with van der Waals surface area (Å²) in [6.45, 7) is 7.94. The molecular formula is C20H35N3O4. The highest BCUT2D eigenvalue weighted by molar-refractivity contribution is 5.79. The van der Waals surface area contributed by atoms with Gasteiger partial charge in [0.2, 0.25) is 0 Å². The predicted octanol–water partition coefficient (Wildman–Crippen LogP) is 3.26. The van der Waals surface area contributed by atoms with E-state index in [1.807, 2.05) is 19.1 Å². The van der Waals surface area contributed by atoms with Gasteiger partial charge in [0.15, 0.2) is 5.96 Å². The number of nitrogens with zero attached hydrogens (tertiary/aromatic N) is 1. The molecule has 7 nitrogen and oxygen atoms in total. The fourth-order valence-electron chi connectivity index (χ4n) is 2.45. The van der Waals surface area contributed by atoms with Crippen molar-refractivity contribution in [2.75, 3.05) is 32.8 Å². The van der Waals surface area contributed by atoms with E-state index in [-0.39, 0.29) is 5.97 Å². The normalized spacial score (nSPS) is 11.4. The molecule has 0 amide bonds. The van der Waals surface area contributed by atoms with Crippen LogP contribution in [0, 0.1) is 0 Å². The molecule has 1 rings (SSSR count). The molecule has 0 aliphatic rings. The van der Waals surface area contributed by atoms with Crippen LogP contribution < -0.4 is 10.6 Å². The Morgan fingerprint density at radius 1 is 1.15 bits per heavy atom. The van der Waals surface area contributed by atoms with Gasteiger partial charge in [0.1, 0.15) is 12.4 Å². The Morgan fingerprint density at radius 3 is 2.74 bits per heavy atom. The van der Waals surface area contributed by atoms with Crippen LogP contribution in [0.2, 0.25) is 0 Å². The molecule has 7 heteroatoms. The van der Waals surface area contributed by atoms with Gasteiger partial charge in [-0.25, -0.2) is 0 Å². The smallest absolute Gasteiger partial charge is 0.305 e. The number of unbranched alkanes of at least 4 members (excludes halogenated alkanes) is 3. The van der Waals surface area contributed by atoms with E-state index in [1.165, 1.54) is 0 Å². The van der Waals surface area contributed by atoms with E-state index in [4.69, 9.17) is 13.9 Å². The van der Waals surface area contributed by atoms with Crippen LogP contribution in [0.3, 0.4) is 0 Å². The van der Waals surface area contributed by atoms with Crippen LogP contribution in [-0.2, 0) is 20.9 Å². The third-order valence-electron chi connectivity index (χ3n) is 3.79. The van der Waals surface area contributed by atoms with Crippen molar-refractivity contribution in [1.82, 2.24) is 10.6 Å². The molecule has 154 valence electrons. The average molecular weight is 382 g/mol. The molecule has 0 bridgehead atoms. The number of hydrogen-bond acceptors (Lipinski definition) is 5. The fourth-order valence-corrected chi connectivity index (χ4v) is 2.45. The molecule has 1 aromatic rings. The molecule has 1 aromatic heterocycles. The topological polar surface area (TPSA) is 85.1 Å². The second-order valence-electron chi connectivity index (χ2n) is 6.14. The molecule has 27 heavy (non-hydrogen) atoms. The number of hydrogen-bond donors (Lipinski definition) is 2. The van der Waals surface area contributed by atoms with Crippen LogP contribution in [0.15, 0.2) is 27.8 Å². The van der Waals surface area contributed by atoms with Crippen molar-refractivity contribution in [2.45, 2.75) is 59.0 Å². The molecule has 2 N–H and O–H groups in total. The highest BCUT2D eigenvalue weighted by Crippen LogP contribution is 2.04. The number of rotatable bonds is 15. The van der Waals surface area contributed by atoms with Crippen molar-refractivity contribution in [3.8, 4) is 0 Å². The van der Waals surface area contributed by atoms with E-state index < -0.39 is 0 Å². The summed E-state index contributed by atoms with van der Waals surface area (Å²) in [5.74, 6) is 1.59. The van der Waals surface area contributed by atoms with E-state index in [1.54, 1.807) is 6.26 Å². The summed E-state index contributed by atoms with van der Waals surface area (Å²) in [6.07, 6.45) is 7.12. The molecule has 0 aliphatic heterocycles. The summed E-state index contributed by atoms with van der Waals surface area (Å²) in [5.41, 5.74) is 0. The predicted molar refractivity (Wildman–Crippen MR) is 107 cm³/mol. The van der Waals surface area contributed by atoms with Crippen molar-refractivity contribution >= 4 is 11.9 Å². The minimum absolute atomic E-state index is 0.0923. The lowest BCUT2D eigenvalue weighted by molar-refractivity contribution is -0.143. The van der Waals surface area contributed by atoms with E-state index >= 15 is 0 Å². The number of guanidine groups is 1. The monoisotopic (exact) mass is 381 g/mol. The lowest BCUT2D eigenvalue weighted by atomic mass is 10.1. The second kappa shape index (κ2) is 16.2. The number of nitrogens with one attached hydrogen (secondary N) is 2.